The molecule has 152 valence electrons. The first kappa shape index (κ1) is 20.2. The van der Waals surface area contributed by atoms with E-state index in [0.29, 0.717) is 23.9 Å². The lowest BCUT2D eigenvalue weighted by atomic mass is 10.2. The molecule has 8 heteroatoms. The van der Waals surface area contributed by atoms with Gasteiger partial charge < -0.3 is 24.1 Å². The van der Waals surface area contributed by atoms with Crippen molar-refractivity contribution in [2.75, 3.05) is 14.2 Å². The van der Waals surface area contributed by atoms with Gasteiger partial charge in [-0.15, -0.1) is 0 Å². The first-order valence-corrected chi connectivity index (χ1v) is 9.18. The Morgan fingerprint density at radius 3 is 2.17 bits per heavy atom. The van der Waals surface area contributed by atoms with Crippen molar-refractivity contribution in [2.45, 2.75) is 26.0 Å². The van der Waals surface area contributed by atoms with Gasteiger partial charge in [0.2, 0.25) is 11.7 Å². The van der Waals surface area contributed by atoms with Gasteiger partial charge >= 0.3 is 0 Å². The minimum absolute atomic E-state index is 0.116. The Kier molecular flexibility index (Phi) is 6.67. The van der Waals surface area contributed by atoms with Crippen LogP contribution in [-0.4, -0.2) is 36.4 Å². The van der Waals surface area contributed by atoms with Crippen LogP contribution < -0.4 is 19.5 Å². The molecule has 0 aliphatic heterocycles. The summed E-state index contributed by atoms with van der Waals surface area (Å²) in [6.45, 7) is 1.99. The maximum atomic E-state index is 12.5. The van der Waals surface area contributed by atoms with Gasteiger partial charge in [-0.2, -0.15) is 4.98 Å². The number of nitrogens with zero attached hydrogens (tertiary/aromatic N) is 2. The molecule has 1 unspecified atom stereocenters. The van der Waals surface area contributed by atoms with Crippen LogP contribution >= 0.6 is 0 Å². The number of ether oxygens (including phenoxy) is 3. The molecule has 1 aromatic heterocycles. The Balaban J connectivity index is 1.56. The molecule has 3 aromatic rings. The van der Waals surface area contributed by atoms with Gasteiger partial charge in [-0.05, 0) is 55.0 Å². The van der Waals surface area contributed by atoms with E-state index in [0.717, 1.165) is 17.1 Å². The molecule has 1 atom stereocenters. The molecule has 0 radical (unpaired) electrons. The molecule has 0 aliphatic carbocycles. The van der Waals surface area contributed by atoms with E-state index in [2.05, 4.69) is 15.5 Å². The van der Waals surface area contributed by atoms with Gasteiger partial charge in [-0.3, -0.25) is 4.79 Å². The second-order valence-electron chi connectivity index (χ2n) is 6.15. The van der Waals surface area contributed by atoms with E-state index in [-0.39, 0.29) is 12.5 Å². The smallest absolute Gasteiger partial charge is 0.261 e. The lowest BCUT2D eigenvalue weighted by molar-refractivity contribution is -0.128. The minimum Gasteiger partial charge on any atom is -0.497 e. The number of benzene rings is 2. The van der Waals surface area contributed by atoms with Crippen molar-refractivity contribution in [3.05, 3.63) is 54.4 Å². The van der Waals surface area contributed by atoms with Gasteiger partial charge in [0, 0.05) is 5.56 Å². The van der Waals surface area contributed by atoms with Gasteiger partial charge in [0.05, 0.1) is 20.8 Å². The molecule has 8 nitrogen and oxygen atoms in total. The van der Waals surface area contributed by atoms with Gasteiger partial charge in [0.15, 0.2) is 6.10 Å². The summed E-state index contributed by atoms with van der Waals surface area (Å²) in [5.74, 6) is 2.55. The molecule has 0 bridgehead atoms. The van der Waals surface area contributed by atoms with E-state index in [9.17, 15) is 4.79 Å². The number of hydrogen-bond acceptors (Lipinski definition) is 7. The molecule has 0 spiro atoms. The van der Waals surface area contributed by atoms with Gasteiger partial charge in [0.25, 0.3) is 5.91 Å². The fourth-order valence-corrected chi connectivity index (χ4v) is 2.60. The lowest BCUT2D eigenvalue weighted by Crippen LogP contribution is -2.37. The number of hydrogen-bond donors (Lipinski definition) is 1. The molecule has 29 heavy (non-hydrogen) atoms. The molecule has 0 saturated heterocycles. The van der Waals surface area contributed by atoms with Crippen LogP contribution in [0.5, 0.6) is 17.2 Å². The highest BCUT2D eigenvalue weighted by atomic mass is 16.5. The van der Waals surface area contributed by atoms with E-state index in [1.807, 2.05) is 31.2 Å². The number of carbonyl (C=O) groups excluding carboxylic acids is 1. The predicted molar refractivity (Wildman–Crippen MR) is 106 cm³/mol. The van der Waals surface area contributed by atoms with Crippen molar-refractivity contribution in [3.63, 3.8) is 0 Å². The van der Waals surface area contributed by atoms with Crippen molar-refractivity contribution in [2.24, 2.45) is 0 Å². The predicted octanol–water partition coefficient (Wildman–Crippen LogP) is 3.23. The van der Waals surface area contributed by atoms with Crippen LogP contribution in [-0.2, 0) is 11.3 Å². The van der Waals surface area contributed by atoms with Crippen LogP contribution in [0.15, 0.2) is 53.1 Å². The molecule has 1 heterocycles. The molecule has 0 aliphatic rings. The van der Waals surface area contributed by atoms with Crippen LogP contribution in [0.3, 0.4) is 0 Å². The van der Waals surface area contributed by atoms with Crippen LogP contribution in [0.2, 0.25) is 0 Å². The van der Waals surface area contributed by atoms with Crippen molar-refractivity contribution >= 4 is 5.91 Å². The average molecular weight is 397 g/mol. The number of amides is 1. The maximum Gasteiger partial charge on any atom is 0.261 e. The van der Waals surface area contributed by atoms with Gasteiger partial charge in [-0.25, -0.2) is 0 Å². The second-order valence-corrected chi connectivity index (χ2v) is 6.15. The normalized spacial score (nSPS) is 11.6. The molecule has 3 rings (SSSR count). The highest BCUT2D eigenvalue weighted by Gasteiger charge is 2.19. The van der Waals surface area contributed by atoms with E-state index in [1.165, 1.54) is 0 Å². The molecule has 1 N–H and O–H groups in total. The summed E-state index contributed by atoms with van der Waals surface area (Å²) in [4.78, 5) is 16.8. The lowest BCUT2D eigenvalue weighted by Gasteiger charge is -2.16. The summed E-state index contributed by atoms with van der Waals surface area (Å²) in [7, 11) is 3.20. The molecular weight excluding hydrogens is 374 g/mol. The fraction of sp³-hybridized carbons (Fsp3) is 0.286. The number of aromatic nitrogens is 2. The third-order valence-corrected chi connectivity index (χ3v) is 4.23. The van der Waals surface area contributed by atoms with E-state index < -0.39 is 6.10 Å². The maximum absolute atomic E-state index is 12.5. The molecular formula is C21H23N3O5. The summed E-state index contributed by atoms with van der Waals surface area (Å²) >= 11 is 0. The minimum atomic E-state index is -0.632. The van der Waals surface area contributed by atoms with Crippen LogP contribution in [0.1, 0.15) is 19.2 Å². The fourth-order valence-electron chi connectivity index (χ4n) is 2.60. The number of rotatable bonds is 9. The highest BCUT2D eigenvalue weighted by molar-refractivity contribution is 5.81. The van der Waals surface area contributed by atoms with Gasteiger partial charge in [-0.1, -0.05) is 12.1 Å². The number of nitrogens with one attached hydrogen (secondary N) is 1. The van der Waals surface area contributed by atoms with Crippen molar-refractivity contribution in [1.82, 2.24) is 15.5 Å². The summed E-state index contributed by atoms with van der Waals surface area (Å²) < 4.78 is 21.2. The van der Waals surface area contributed by atoms with E-state index in [1.54, 1.807) is 38.5 Å². The average Bonchev–Trinajstić information content (AvgIpc) is 3.25. The highest BCUT2D eigenvalue weighted by Crippen LogP contribution is 2.20. The SMILES string of the molecule is CCC(Oc1ccc(OC)cc1)C(=O)NCc1nc(-c2ccc(OC)cc2)no1. The Hall–Kier alpha value is -3.55. The summed E-state index contributed by atoms with van der Waals surface area (Å²) in [5, 5.41) is 6.72. The third-order valence-electron chi connectivity index (χ3n) is 4.23. The van der Waals surface area contributed by atoms with E-state index >= 15 is 0 Å². The Morgan fingerprint density at radius 1 is 1.00 bits per heavy atom. The molecule has 1 amide bonds. The van der Waals surface area contributed by atoms with Crippen LogP contribution in [0.4, 0.5) is 0 Å². The Labute approximate surface area is 168 Å². The first-order valence-electron chi connectivity index (χ1n) is 9.18. The Bertz CT molecular complexity index is 922. The van der Waals surface area contributed by atoms with Crippen molar-refractivity contribution < 1.29 is 23.5 Å². The summed E-state index contributed by atoms with van der Waals surface area (Å²) in [6, 6.07) is 14.4. The van der Waals surface area contributed by atoms with Crippen LogP contribution in [0.25, 0.3) is 11.4 Å². The third kappa shape index (κ3) is 5.25. The standard InChI is InChI=1S/C21H23N3O5/c1-4-18(28-17-11-9-16(27-3)10-12-17)21(25)22-13-19-23-20(24-29-19)14-5-7-15(26-2)8-6-14/h5-12,18H,4,13H2,1-3H3,(H,22,25). The summed E-state index contributed by atoms with van der Waals surface area (Å²) in [5.41, 5.74) is 0.793. The largest absolute Gasteiger partial charge is 0.497 e. The molecule has 0 fully saturated rings. The zero-order valence-corrected chi connectivity index (χ0v) is 16.5. The van der Waals surface area contributed by atoms with Crippen molar-refractivity contribution in [3.8, 4) is 28.6 Å². The van der Waals surface area contributed by atoms with Crippen LogP contribution in [0, 0.1) is 0 Å². The quantitative estimate of drug-likeness (QED) is 0.592. The van der Waals surface area contributed by atoms with E-state index in [4.69, 9.17) is 18.7 Å². The zero-order chi connectivity index (χ0) is 20.6. The number of carbonyl (C=O) groups is 1. The van der Waals surface area contributed by atoms with Crippen molar-refractivity contribution in [1.29, 1.82) is 0 Å². The monoisotopic (exact) mass is 397 g/mol. The second kappa shape index (κ2) is 9.59. The first-order chi connectivity index (χ1) is 14.1. The van der Waals surface area contributed by atoms with Gasteiger partial charge in [0.1, 0.15) is 17.2 Å². The molecule has 2 aromatic carbocycles. The molecule has 0 saturated carbocycles. The Morgan fingerprint density at radius 2 is 1.59 bits per heavy atom. The topological polar surface area (TPSA) is 95.7 Å². The zero-order valence-electron chi connectivity index (χ0n) is 16.5. The number of methoxy groups -OCH3 is 2. The summed E-state index contributed by atoms with van der Waals surface area (Å²) in [6.07, 6.45) is -0.119.